The second-order valence-electron chi connectivity index (χ2n) is 8.58. The fourth-order valence-corrected chi connectivity index (χ4v) is 5.51. The van der Waals surface area contributed by atoms with Crippen LogP contribution in [0.2, 0.25) is 0 Å². The summed E-state index contributed by atoms with van der Waals surface area (Å²) >= 11 is 0. The zero-order valence-electron chi connectivity index (χ0n) is 15.4. The molecule has 0 aliphatic heterocycles. The molecule has 0 saturated heterocycles. The predicted octanol–water partition coefficient (Wildman–Crippen LogP) is 5.13. The Kier molecular flexibility index (Phi) is 4.11. The number of benzene rings is 2. The van der Waals surface area contributed by atoms with Gasteiger partial charge in [-0.2, -0.15) is 0 Å². The van der Waals surface area contributed by atoms with Crippen molar-refractivity contribution in [3.8, 4) is 0 Å². The standard InChI is InChI=1S/C23H29NO/c1-15-18-14-19(23(15,2)3)20(22(18)25)21(16-10-6-4-7-11-16)24-17-12-8-5-9-13-17/h4-13,15,18-22,24-25H,14H2,1-3H3/t15-,18-,19+,20-,21-,22-/m1/s1. The van der Waals surface area contributed by atoms with Gasteiger partial charge >= 0.3 is 0 Å². The molecular formula is C23H29NO. The van der Waals surface area contributed by atoms with E-state index in [1.54, 1.807) is 0 Å². The third-order valence-corrected chi connectivity index (χ3v) is 7.23. The van der Waals surface area contributed by atoms with E-state index in [1.807, 2.05) is 6.07 Å². The molecule has 0 amide bonds. The summed E-state index contributed by atoms with van der Waals surface area (Å²) in [5.41, 5.74) is 2.67. The van der Waals surface area contributed by atoms with Crippen molar-refractivity contribution < 1.29 is 5.11 Å². The van der Waals surface area contributed by atoms with Crippen LogP contribution in [0.3, 0.4) is 0 Å². The van der Waals surface area contributed by atoms with Crippen molar-refractivity contribution in [2.24, 2.45) is 29.1 Å². The first-order valence-electron chi connectivity index (χ1n) is 9.54. The van der Waals surface area contributed by atoms with Gasteiger partial charge in [0.1, 0.15) is 0 Å². The Labute approximate surface area is 151 Å². The van der Waals surface area contributed by atoms with E-state index < -0.39 is 0 Å². The van der Waals surface area contributed by atoms with Gasteiger partial charge in [0.15, 0.2) is 0 Å². The number of rotatable bonds is 4. The van der Waals surface area contributed by atoms with Crippen LogP contribution in [0.25, 0.3) is 0 Å². The van der Waals surface area contributed by atoms with Gasteiger partial charge in [0.2, 0.25) is 0 Å². The van der Waals surface area contributed by atoms with Crippen LogP contribution in [0.1, 0.15) is 38.8 Å². The lowest BCUT2D eigenvalue weighted by Gasteiger charge is -2.46. The monoisotopic (exact) mass is 335 g/mol. The molecule has 0 unspecified atom stereocenters. The Hall–Kier alpha value is -1.80. The first-order chi connectivity index (χ1) is 12.0. The number of hydrogen-bond acceptors (Lipinski definition) is 2. The summed E-state index contributed by atoms with van der Waals surface area (Å²) in [7, 11) is 0. The molecule has 2 heteroatoms. The zero-order valence-corrected chi connectivity index (χ0v) is 15.4. The van der Waals surface area contributed by atoms with Gasteiger partial charge in [0, 0.05) is 11.6 Å². The maximum Gasteiger partial charge on any atom is 0.0625 e. The number of hydrogen-bond donors (Lipinski definition) is 2. The van der Waals surface area contributed by atoms with Crippen LogP contribution in [-0.2, 0) is 0 Å². The summed E-state index contributed by atoms with van der Waals surface area (Å²) in [6, 6.07) is 21.2. The topological polar surface area (TPSA) is 32.3 Å². The van der Waals surface area contributed by atoms with Gasteiger partial charge in [-0.25, -0.2) is 0 Å². The van der Waals surface area contributed by atoms with Crippen molar-refractivity contribution in [1.29, 1.82) is 0 Å². The molecule has 2 bridgehead atoms. The van der Waals surface area contributed by atoms with E-state index >= 15 is 0 Å². The Morgan fingerprint density at radius 3 is 2.20 bits per heavy atom. The number of anilines is 1. The summed E-state index contributed by atoms with van der Waals surface area (Å²) in [6.45, 7) is 7.11. The van der Waals surface area contributed by atoms with Gasteiger partial charge in [-0.15, -0.1) is 0 Å². The third kappa shape index (κ3) is 2.67. The van der Waals surface area contributed by atoms with E-state index in [-0.39, 0.29) is 23.5 Å². The summed E-state index contributed by atoms with van der Waals surface area (Å²) in [5, 5.41) is 14.9. The molecule has 2 nitrogen and oxygen atoms in total. The van der Waals surface area contributed by atoms with Crippen molar-refractivity contribution in [1.82, 2.24) is 0 Å². The highest BCUT2D eigenvalue weighted by Crippen LogP contribution is 2.64. The van der Waals surface area contributed by atoms with Crippen LogP contribution in [0.5, 0.6) is 0 Å². The minimum atomic E-state index is -0.227. The Bertz CT molecular complexity index is 711. The number of aliphatic hydroxyl groups excluding tert-OH is 1. The average Bonchev–Trinajstić information content (AvgIpc) is 3.08. The SMILES string of the molecule is C[C@@H]1[C@H]2C[C@@H]([C@H]([C@H](Nc3ccccc3)c3ccccc3)[C@@H]2O)C1(C)C. The fraction of sp³-hybridized carbons (Fsp3) is 0.478. The largest absolute Gasteiger partial charge is 0.392 e. The van der Waals surface area contributed by atoms with Crippen molar-refractivity contribution in [3.05, 3.63) is 66.2 Å². The van der Waals surface area contributed by atoms with Crippen LogP contribution >= 0.6 is 0 Å². The first kappa shape index (κ1) is 16.7. The second-order valence-corrected chi connectivity index (χ2v) is 8.58. The smallest absolute Gasteiger partial charge is 0.0625 e. The van der Waals surface area contributed by atoms with E-state index in [9.17, 15) is 5.11 Å². The molecule has 2 fully saturated rings. The number of para-hydroxylation sites is 1. The molecular weight excluding hydrogens is 306 g/mol. The lowest BCUT2D eigenvalue weighted by Crippen LogP contribution is -2.46. The lowest BCUT2D eigenvalue weighted by molar-refractivity contribution is -0.0332. The average molecular weight is 335 g/mol. The van der Waals surface area contributed by atoms with Gasteiger partial charge < -0.3 is 10.4 Å². The summed E-state index contributed by atoms with van der Waals surface area (Å²) in [4.78, 5) is 0. The summed E-state index contributed by atoms with van der Waals surface area (Å²) < 4.78 is 0. The summed E-state index contributed by atoms with van der Waals surface area (Å²) in [6.07, 6.45) is 0.925. The highest BCUT2D eigenvalue weighted by molar-refractivity contribution is 5.46. The minimum Gasteiger partial charge on any atom is -0.392 e. The van der Waals surface area contributed by atoms with E-state index in [1.165, 1.54) is 5.56 Å². The molecule has 0 aromatic heterocycles. The molecule has 2 aliphatic rings. The van der Waals surface area contributed by atoms with E-state index in [2.05, 4.69) is 80.7 Å². The molecule has 2 saturated carbocycles. The zero-order chi connectivity index (χ0) is 17.6. The van der Waals surface area contributed by atoms with Crippen LogP contribution in [0.15, 0.2) is 60.7 Å². The Morgan fingerprint density at radius 2 is 1.60 bits per heavy atom. The molecule has 2 aromatic carbocycles. The molecule has 2 N–H and O–H groups in total. The van der Waals surface area contributed by atoms with Crippen molar-refractivity contribution >= 4 is 5.69 Å². The molecule has 132 valence electrons. The van der Waals surface area contributed by atoms with E-state index in [4.69, 9.17) is 0 Å². The Balaban J connectivity index is 1.71. The molecule has 0 spiro atoms. The highest BCUT2D eigenvalue weighted by atomic mass is 16.3. The second kappa shape index (κ2) is 6.17. The van der Waals surface area contributed by atoms with Gasteiger partial charge in [-0.1, -0.05) is 69.3 Å². The van der Waals surface area contributed by atoms with E-state index in [0.29, 0.717) is 17.8 Å². The predicted molar refractivity (Wildman–Crippen MR) is 103 cm³/mol. The molecule has 0 heterocycles. The quantitative estimate of drug-likeness (QED) is 0.812. The fourth-order valence-electron chi connectivity index (χ4n) is 5.51. The number of nitrogens with one attached hydrogen (secondary N) is 1. The van der Waals surface area contributed by atoms with Crippen LogP contribution in [-0.4, -0.2) is 11.2 Å². The van der Waals surface area contributed by atoms with Gasteiger partial charge in [-0.05, 0) is 47.3 Å². The van der Waals surface area contributed by atoms with Crippen LogP contribution in [0, 0.1) is 29.1 Å². The van der Waals surface area contributed by atoms with Crippen LogP contribution in [0.4, 0.5) is 5.69 Å². The van der Waals surface area contributed by atoms with Gasteiger partial charge in [0.05, 0.1) is 12.1 Å². The summed E-state index contributed by atoms with van der Waals surface area (Å²) in [5.74, 6) is 1.80. The maximum atomic E-state index is 11.2. The normalized spacial score (nSPS) is 34.0. The van der Waals surface area contributed by atoms with Crippen molar-refractivity contribution in [3.63, 3.8) is 0 Å². The van der Waals surface area contributed by atoms with Crippen LogP contribution < -0.4 is 5.32 Å². The molecule has 0 radical (unpaired) electrons. The van der Waals surface area contributed by atoms with Crippen molar-refractivity contribution in [2.45, 2.75) is 39.3 Å². The molecule has 2 aliphatic carbocycles. The first-order valence-corrected chi connectivity index (χ1v) is 9.54. The lowest BCUT2D eigenvalue weighted by atomic mass is 9.62. The third-order valence-electron chi connectivity index (χ3n) is 7.23. The minimum absolute atomic E-state index is 0.139. The van der Waals surface area contributed by atoms with Gasteiger partial charge in [0.25, 0.3) is 0 Å². The molecule has 6 atom stereocenters. The molecule has 4 rings (SSSR count). The molecule has 2 aromatic rings. The molecule has 25 heavy (non-hydrogen) atoms. The Morgan fingerprint density at radius 1 is 1.00 bits per heavy atom. The number of aliphatic hydroxyl groups is 1. The van der Waals surface area contributed by atoms with E-state index in [0.717, 1.165) is 12.1 Å². The van der Waals surface area contributed by atoms with Gasteiger partial charge in [-0.3, -0.25) is 0 Å². The maximum absolute atomic E-state index is 11.2. The highest BCUT2D eigenvalue weighted by Gasteiger charge is 2.61. The number of fused-ring (bicyclic) bond motifs is 2. The van der Waals surface area contributed by atoms with Crippen molar-refractivity contribution in [2.75, 3.05) is 5.32 Å².